The third-order valence-corrected chi connectivity index (χ3v) is 3.56. The average Bonchev–Trinajstić information content (AvgIpc) is 2.31. The van der Waals surface area contributed by atoms with Gasteiger partial charge < -0.3 is 15.8 Å². The second-order valence-electron chi connectivity index (χ2n) is 4.62. The number of aryl methyl sites for hydroxylation is 1. The van der Waals surface area contributed by atoms with Crippen molar-refractivity contribution in [3.05, 3.63) is 28.2 Å². The molecule has 0 saturated heterocycles. The van der Waals surface area contributed by atoms with Crippen LogP contribution < -0.4 is 11.1 Å². The number of hydrogen-bond donors (Lipinski definition) is 2. The predicted octanol–water partition coefficient (Wildman–Crippen LogP) is 2.92. The molecule has 0 radical (unpaired) electrons. The van der Waals surface area contributed by atoms with Crippen molar-refractivity contribution in [3.63, 3.8) is 0 Å². The fraction of sp³-hybridized carbons (Fsp3) is 0.538. The molecule has 3 nitrogen and oxygen atoms in total. The van der Waals surface area contributed by atoms with E-state index in [9.17, 15) is 0 Å². The Morgan fingerprint density at radius 1 is 1.47 bits per heavy atom. The molecule has 17 heavy (non-hydrogen) atoms. The van der Waals surface area contributed by atoms with Crippen LogP contribution in [0.4, 0.5) is 5.69 Å². The Labute approximate surface area is 112 Å². The van der Waals surface area contributed by atoms with Crippen LogP contribution in [-0.2, 0) is 4.74 Å². The minimum atomic E-state index is -0.147. The summed E-state index contributed by atoms with van der Waals surface area (Å²) in [5.74, 6) is 0. The molecule has 0 spiro atoms. The Morgan fingerprint density at radius 2 is 2.18 bits per heavy atom. The first-order valence-electron chi connectivity index (χ1n) is 5.74. The highest BCUT2D eigenvalue weighted by molar-refractivity contribution is 9.10. The van der Waals surface area contributed by atoms with Crippen molar-refractivity contribution in [2.45, 2.75) is 25.8 Å². The van der Waals surface area contributed by atoms with E-state index < -0.39 is 0 Å². The van der Waals surface area contributed by atoms with Crippen molar-refractivity contribution in [2.24, 2.45) is 5.73 Å². The first-order chi connectivity index (χ1) is 8.00. The highest BCUT2D eigenvalue weighted by Crippen LogP contribution is 2.27. The lowest BCUT2D eigenvalue weighted by Gasteiger charge is -2.31. The van der Waals surface area contributed by atoms with Gasteiger partial charge in [-0.15, -0.1) is 0 Å². The third kappa shape index (κ3) is 4.30. The molecule has 0 aliphatic carbocycles. The third-order valence-electron chi connectivity index (χ3n) is 2.87. The van der Waals surface area contributed by atoms with E-state index in [1.165, 1.54) is 5.56 Å². The van der Waals surface area contributed by atoms with E-state index in [0.29, 0.717) is 13.2 Å². The Bertz CT molecular complexity index is 370. The molecule has 0 saturated carbocycles. The molecule has 4 heteroatoms. The molecule has 1 rings (SSSR count). The number of nitrogens with one attached hydrogen (secondary N) is 1. The maximum absolute atomic E-state index is 5.85. The predicted molar refractivity (Wildman–Crippen MR) is 76.5 cm³/mol. The Morgan fingerprint density at radius 3 is 2.76 bits per heavy atom. The summed E-state index contributed by atoms with van der Waals surface area (Å²) in [7, 11) is 1.71. The molecular formula is C13H21BrN2O. The maximum atomic E-state index is 5.85. The van der Waals surface area contributed by atoms with Crippen LogP contribution in [0.15, 0.2) is 22.7 Å². The minimum Gasteiger partial charge on any atom is -0.385 e. The Hall–Kier alpha value is -0.580. The van der Waals surface area contributed by atoms with Gasteiger partial charge in [0.1, 0.15) is 0 Å². The van der Waals surface area contributed by atoms with Gasteiger partial charge >= 0.3 is 0 Å². The van der Waals surface area contributed by atoms with Crippen molar-refractivity contribution >= 4 is 21.6 Å². The smallest absolute Gasteiger partial charge is 0.0491 e. The summed E-state index contributed by atoms with van der Waals surface area (Å²) in [6.45, 7) is 5.45. The van der Waals surface area contributed by atoms with E-state index in [-0.39, 0.29) is 5.54 Å². The fourth-order valence-corrected chi connectivity index (χ4v) is 1.95. The van der Waals surface area contributed by atoms with Gasteiger partial charge in [0.05, 0.1) is 0 Å². The van der Waals surface area contributed by atoms with Crippen LogP contribution in [0.3, 0.4) is 0 Å². The summed E-state index contributed by atoms with van der Waals surface area (Å²) in [6.07, 6.45) is 0.875. The molecule has 0 amide bonds. The summed E-state index contributed by atoms with van der Waals surface area (Å²) in [4.78, 5) is 0. The molecule has 0 fully saturated rings. The zero-order valence-corrected chi connectivity index (χ0v) is 12.3. The summed E-state index contributed by atoms with van der Waals surface area (Å²) >= 11 is 3.55. The summed E-state index contributed by atoms with van der Waals surface area (Å²) < 4.78 is 6.18. The number of rotatable bonds is 6. The topological polar surface area (TPSA) is 47.3 Å². The Kier molecular flexibility index (Phi) is 5.43. The van der Waals surface area contributed by atoms with E-state index >= 15 is 0 Å². The average molecular weight is 301 g/mol. The number of benzene rings is 1. The first kappa shape index (κ1) is 14.5. The van der Waals surface area contributed by atoms with E-state index in [1.54, 1.807) is 7.11 Å². The summed E-state index contributed by atoms with van der Waals surface area (Å²) in [6, 6.07) is 6.24. The lowest BCUT2D eigenvalue weighted by atomic mass is 9.98. The molecule has 3 N–H and O–H groups in total. The number of halogens is 1. The lowest BCUT2D eigenvalue weighted by molar-refractivity contribution is 0.177. The van der Waals surface area contributed by atoms with Gasteiger partial charge in [0.25, 0.3) is 0 Å². The second kappa shape index (κ2) is 6.38. The molecule has 0 aliphatic rings. The van der Waals surface area contributed by atoms with Gasteiger partial charge in [-0.2, -0.15) is 0 Å². The lowest BCUT2D eigenvalue weighted by Crippen LogP contribution is -2.43. The fourth-order valence-electron chi connectivity index (χ4n) is 1.60. The highest BCUT2D eigenvalue weighted by atomic mass is 79.9. The van der Waals surface area contributed by atoms with E-state index in [0.717, 1.165) is 16.6 Å². The number of anilines is 1. The van der Waals surface area contributed by atoms with Crippen LogP contribution in [0.1, 0.15) is 18.9 Å². The molecule has 1 aromatic carbocycles. The number of nitrogens with two attached hydrogens (primary N) is 1. The minimum absolute atomic E-state index is 0.147. The zero-order valence-electron chi connectivity index (χ0n) is 10.7. The van der Waals surface area contributed by atoms with Gasteiger partial charge in [-0.05, 0) is 53.9 Å². The van der Waals surface area contributed by atoms with Gasteiger partial charge in [-0.25, -0.2) is 0 Å². The monoisotopic (exact) mass is 300 g/mol. The molecule has 0 aliphatic heterocycles. The Balaban J connectivity index is 2.82. The zero-order chi connectivity index (χ0) is 12.9. The normalized spacial score (nSPS) is 14.4. The van der Waals surface area contributed by atoms with Gasteiger partial charge in [-0.3, -0.25) is 0 Å². The van der Waals surface area contributed by atoms with Crippen LogP contribution in [-0.4, -0.2) is 25.8 Å². The summed E-state index contributed by atoms with van der Waals surface area (Å²) in [5, 5.41) is 3.50. The number of ether oxygens (including phenoxy) is 1. The van der Waals surface area contributed by atoms with E-state index in [1.807, 2.05) is 6.07 Å². The molecule has 96 valence electrons. The van der Waals surface area contributed by atoms with Gasteiger partial charge in [0.15, 0.2) is 0 Å². The van der Waals surface area contributed by atoms with Crippen LogP contribution in [0.2, 0.25) is 0 Å². The molecule has 0 bridgehead atoms. The second-order valence-corrected chi connectivity index (χ2v) is 5.47. The standard InChI is InChI=1S/C13H21BrN2O/c1-10-4-5-11(14)12(8-10)16-13(2,9-15)6-7-17-3/h4-5,8,16H,6-7,9,15H2,1-3H3. The van der Waals surface area contributed by atoms with Gasteiger partial charge in [-0.1, -0.05) is 6.07 Å². The molecular weight excluding hydrogens is 280 g/mol. The van der Waals surface area contributed by atoms with Crippen molar-refractivity contribution < 1.29 is 4.74 Å². The molecule has 1 aromatic rings. The maximum Gasteiger partial charge on any atom is 0.0491 e. The van der Waals surface area contributed by atoms with Crippen LogP contribution in [0.5, 0.6) is 0 Å². The first-order valence-corrected chi connectivity index (χ1v) is 6.53. The number of hydrogen-bond acceptors (Lipinski definition) is 3. The van der Waals surface area contributed by atoms with Crippen LogP contribution in [0, 0.1) is 6.92 Å². The van der Waals surface area contributed by atoms with Gasteiger partial charge in [0.2, 0.25) is 0 Å². The highest BCUT2D eigenvalue weighted by Gasteiger charge is 2.22. The van der Waals surface area contributed by atoms with Crippen molar-refractivity contribution in [1.82, 2.24) is 0 Å². The largest absolute Gasteiger partial charge is 0.385 e. The van der Waals surface area contributed by atoms with Crippen molar-refractivity contribution in [2.75, 3.05) is 25.6 Å². The number of methoxy groups -OCH3 is 1. The van der Waals surface area contributed by atoms with E-state index in [2.05, 4.69) is 47.2 Å². The molecule has 0 heterocycles. The summed E-state index contributed by atoms with van der Waals surface area (Å²) in [5.41, 5.74) is 8.01. The van der Waals surface area contributed by atoms with Crippen LogP contribution in [0.25, 0.3) is 0 Å². The molecule has 0 aromatic heterocycles. The van der Waals surface area contributed by atoms with Crippen molar-refractivity contribution in [3.8, 4) is 0 Å². The molecule has 1 unspecified atom stereocenters. The van der Waals surface area contributed by atoms with Crippen molar-refractivity contribution in [1.29, 1.82) is 0 Å². The molecule has 1 atom stereocenters. The van der Waals surface area contributed by atoms with Gasteiger partial charge in [0, 0.05) is 36.0 Å². The van der Waals surface area contributed by atoms with E-state index in [4.69, 9.17) is 10.5 Å². The van der Waals surface area contributed by atoms with Crippen LogP contribution >= 0.6 is 15.9 Å². The SMILES string of the molecule is COCCC(C)(CN)Nc1cc(C)ccc1Br. The quantitative estimate of drug-likeness (QED) is 0.849.